The zero-order valence-corrected chi connectivity index (χ0v) is 24.6. The molecule has 8 nitrogen and oxygen atoms in total. The average molecular weight is 577 g/mol. The third-order valence-corrected chi connectivity index (χ3v) is 9.76. The predicted octanol–water partition coefficient (Wildman–Crippen LogP) is 5.96. The summed E-state index contributed by atoms with van der Waals surface area (Å²) >= 11 is 1.37. The minimum atomic E-state index is -3.66. The maximum Gasteiger partial charge on any atom is 0.280 e. The van der Waals surface area contributed by atoms with Gasteiger partial charge in [-0.2, -0.15) is 14.4 Å². The smallest absolute Gasteiger partial charge is 0.280 e. The number of hydrogen-bond acceptors (Lipinski definition) is 7. The van der Waals surface area contributed by atoms with Crippen LogP contribution in [0.25, 0.3) is 10.2 Å². The van der Waals surface area contributed by atoms with Crippen LogP contribution >= 0.6 is 11.3 Å². The average Bonchev–Trinajstić information content (AvgIpc) is 3.35. The van der Waals surface area contributed by atoms with Crippen molar-refractivity contribution in [3.8, 4) is 5.75 Å². The number of benzene rings is 3. The molecular weight excluding hydrogens is 544 g/mol. The zero-order valence-electron chi connectivity index (χ0n) is 22.9. The molecular formula is C30H32N4O4S2. The summed E-state index contributed by atoms with van der Waals surface area (Å²) in [6, 6.07) is 19.3. The molecule has 1 aromatic heterocycles. The summed E-state index contributed by atoms with van der Waals surface area (Å²) in [7, 11) is -2.06. The number of aromatic nitrogens is 1. The second-order valence-corrected chi connectivity index (χ2v) is 13.3. The lowest BCUT2D eigenvalue weighted by Gasteiger charge is -2.34. The largest absolute Gasteiger partial charge is 0.497 e. The van der Waals surface area contributed by atoms with Gasteiger partial charge in [-0.05, 0) is 97.0 Å². The Hall–Kier alpha value is -3.60. The summed E-state index contributed by atoms with van der Waals surface area (Å²) in [6.45, 7) is 7.15. The van der Waals surface area contributed by atoms with Crippen molar-refractivity contribution >= 4 is 48.8 Å². The van der Waals surface area contributed by atoms with Crippen molar-refractivity contribution in [2.75, 3.05) is 25.2 Å². The molecule has 2 heterocycles. The minimum Gasteiger partial charge on any atom is -0.497 e. The Morgan fingerprint density at radius 2 is 1.73 bits per heavy atom. The van der Waals surface area contributed by atoms with E-state index >= 15 is 0 Å². The van der Waals surface area contributed by atoms with Gasteiger partial charge >= 0.3 is 0 Å². The molecule has 0 spiro atoms. The van der Waals surface area contributed by atoms with Crippen LogP contribution in [-0.4, -0.2) is 50.0 Å². The van der Waals surface area contributed by atoms with Crippen LogP contribution in [-0.2, 0) is 10.0 Å². The Labute approximate surface area is 239 Å². The molecule has 4 aromatic rings. The highest BCUT2D eigenvalue weighted by molar-refractivity contribution is 7.89. The van der Waals surface area contributed by atoms with Crippen LogP contribution in [0.3, 0.4) is 0 Å². The molecule has 0 aliphatic carbocycles. The number of sulfonamides is 1. The third-order valence-electron chi connectivity index (χ3n) is 6.92. The van der Waals surface area contributed by atoms with Gasteiger partial charge < -0.3 is 4.74 Å². The quantitative estimate of drug-likeness (QED) is 0.200. The van der Waals surface area contributed by atoms with Gasteiger partial charge in [-0.3, -0.25) is 4.79 Å². The first-order valence-electron chi connectivity index (χ1n) is 13.1. The summed E-state index contributed by atoms with van der Waals surface area (Å²) in [5.41, 5.74) is 2.95. The number of anilines is 1. The second kappa shape index (κ2) is 11.5. The number of nitrogens with zero attached hydrogens (tertiary/aromatic N) is 4. The number of hydrazone groups is 1. The fourth-order valence-electron chi connectivity index (χ4n) is 4.96. The van der Waals surface area contributed by atoms with E-state index in [1.807, 2.05) is 49.4 Å². The summed E-state index contributed by atoms with van der Waals surface area (Å²) in [5.74, 6) is 0.906. The van der Waals surface area contributed by atoms with Gasteiger partial charge in [0.25, 0.3) is 5.91 Å². The molecule has 3 aromatic carbocycles. The van der Waals surface area contributed by atoms with Crippen molar-refractivity contribution in [2.45, 2.75) is 32.1 Å². The van der Waals surface area contributed by atoms with Crippen LogP contribution in [0.5, 0.6) is 5.75 Å². The molecule has 1 aliphatic rings. The van der Waals surface area contributed by atoms with E-state index in [1.165, 1.54) is 28.5 Å². The number of ether oxygens (including phenoxy) is 1. The molecule has 1 fully saturated rings. The lowest BCUT2D eigenvalue weighted by Crippen LogP contribution is -2.42. The van der Waals surface area contributed by atoms with Gasteiger partial charge in [-0.1, -0.05) is 31.3 Å². The highest BCUT2D eigenvalue weighted by atomic mass is 32.2. The van der Waals surface area contributed by atoms with Crippen LogP contribution < -0.4 is 9.75 Å². The van der Waals surface area contributed by atoms with Crippen LogP contribution in [0, 0.1) is 18.8 Å². The number of carbonyl (C=O) groups is 1. The molecule has 10 heteroatoms. The van der Waals surface area contributed by atoms with E-state index in [0.29, 0.717) is 35.6 Å². The van der Waals surface area contributed by atoms with E-state index in [9.17, 15) is 13.2 Å². The Morgan fingerprint density at radius 1 is 1.05 bits per heavy atom. The maximum absolute atomic E-state index is 13.8. The van der Waals surface area contributed by atoms with Crippen LogP contribution in [0.15, 0.2) is 76.7 Å². The molecule has 2 atom stereocenters. The van der Waals surface area contributed by atoms with Crippen molar-refractivity contribution < 1.29 is 17.9 Å². The molecule has 0 radical (unpaired) electrons. The number of carbonyl (C=O) groups excluding carboxylic acids is 1. The molecule has 1 aliphatic heterocycles. The standard InChI is InChI=1S/C30H32N4O4S2/c1-20-5-14-27-28(16-20)39-30(32-27)34(31-17-23-6-10-25(38-4)11-7-23)29(35)24-8-12-26(13-9-24)40(36,37)33-18-21(2)15-22(3)19-33/h5-14,16-17,21-22H,15,18-19H2,1-4H3/b31-17+. The fourth-order valence-corrected chi connectivity index (χ4v) is 7.66. The van der Waals surface area contributed by atoms with Crippen molar-refractivity contribution in [1.29, 1.82) is 0 Å². The van der Waals surface area contributed by atoms with Gasteiger partial charge in [0.15, 0.2) is 0 Å². The molecule has 0 bridgehead atoms. The van der Waals surface area contributed by atoms with E-state index < -0.39 is 15.9 Å². The van der Waals surface area contributed by atoms with Crippen LogP contribution in [0.4, 0.5) is 5.13 Å². The summed E-state index contributed by atoms with van der Waals surface area (Å²) in [6.07, 6.45) is 2.60. The monoisotopic (exact) mass is 576 g/mol. The maximum atomic E-state index is 13.8. The van der Waals surface area contributed by atoms with E-state index in [0.717, 1.165) is 33.5 Å². The second-order valence-electron chi connectivity index (χ2n) is 10.4. The Morgan fingerprint density at radius 3 is 2.38 bits per heavy atom. The number of rotatable bonds is 7. The zero-order chi connectivity index (χ0) is 28.4. The number of hydrogen-bond donors (Lipinski definition) is 0. The normalized spacial score (nSPS) is 18.3. The molecule has 0 N–H and O–H groups in total. The Kier molecular flexibility index (Phi) is 8.02. The topological polar surface area (TPSA) is 92.2 Å². The van der Waals surface area contributed by atoms with Crippen LogP contribution in [0.2, 0.25) is 0 Å². The fraction of sp³-hybridized carbons (Fsp3) is 0.300. The van der Waals surface area contributed by atoms with E-state index in [-0.39, 0.29) is 4.90 Å². The molecule has 208 valence electrons. The highest BCUT2D eigenvalue weighted by Crippen LogP contribution is 2.31. The van der Waals surface area contributed by atoms with Gasteiger partial charge in [-0.25, -0.2) is 13.4 Å². The predicted molar refractivity (Wildman–Crippen MR) is 160 cm³/mol. The molecule has 0 saturated carbocycles. The molecule has 5 rings (SSSR count). The SMILES string of the molecule is COc1ccc(/C=N/N(C(=O)c2ccc(S(=O)(=O)N3CC(C)CC(C)C3)cc2)c2nc3ccc(C)cc3s2)cc1. The number of piperidine rings is 1. The van der Waals surface area contributed by atoms with Gasteiger partial charge in [0, 0.05) is 18.7 Å². The van der Waals surface area contributed by atoms with Gasteiger partial charge in [0.2, 0.25) is 15.2 Å². The van der Waals surface area contributed by atoms with Crippen molar-refractivity contribution in [2.24, 2.45) is 16.9 Å². The molecule has 2 unspecified atom stereocenters. The first-order valence-corrected chi connectivity index (χ1v) is 15.4. The van der Waals surface area contributed by atoms with Gasteiger partial charge in [0.1, 0.15) is 5.75 Å². The number of thiazole rings is 1. The molecule has 40 heavy (non-hydrogen) atoms. The summed E-state index contributed by atoms with van der Waals surface area (Å²) in [5, 5.41) is 6.20. The van der Waals surface area contributed by atoms with Crippen LogP contribution in [0.1, 0.15) is 41.8 Å². The number of methoxy groups -OCH3 is 1. The number of fused-ring (bicyclic) bond motifs is 1. The lowest BCUT2D eigenvalue weighted by atomic mass is 9.94. The van der Waals surface area contributed by atoms with Gasteiger partial charge in [0.05, 0.1) is 28.4 Å². The number of aryl methyl sites for hydroxylation is 1. The van der Waals surface area contributed by atoms with Gasteiger partial charge in [-0.15, -0.1) is 0 Å². The Balaban J connectivity index is 1.46. The summed E-state index contributed by atoms with van der Waals surface area (Å²) in [4.78, 5) is 18.6. The van der Waals surface area contributed by atoms with Crippen molar-refractivity contribution in [3.63, 3.8) is 0 Å². The number of amides is 1. The van der Waals surface area contributed by atoms with E-state index in [4.69, 9.17) is 4.74 Å². The molecule has 1 saturated heterocycles. The minimum absolute atomic E-state index is 0.175. The lowest BCUT2D eigenvalue weighted by molar-refractivity contribution is 0.0987. The van der Waals surface area contributed by atoms with E-state index in [1.54, 1.807) is 29.8 Å². The first kappa shape index (κ1) is 27.9. The molecule has 1 amide bonds. The van der Waals surface area contributed by atoms with Crippen molar-refractivity contribution in [1.82, 2.24) is 9.29 Å². The third kappa shape index (κ3) is 5.94. The summed E-state index contributed by atoms with van der Waals surface area (Å²) < 4.78 is 34.4. The van der Waals surface area contributed by atoms with Crippen molar-refractivity contribution in [3.05, 3.63) is 83.4 Å². The van der Waals surface area contributed by atoms with E-state index in [2.05, 4.69) is 23.9 Å². The highest BCUT2D eigenvalue weighted by Gasteiger charge is 2.32. The Bertz CT molecular complexity index is 1640. The first-order chi connectivity index (χ1) is 19.1.